The molecule has 4 N–H and O–H groups in total. The summed E-state index contributed by atoms with van der Waals surface area (Å²) in [5.41, 5.74) is -1.64. The Morgan fingerprint density at radius 3 is 2.50 bits per heavy atom. The summed E-state index contributed by atoms with van der Waals surface area (Å²) in [7, 11) is 0. The van der Waals surface area contributed by atoms with E-state index in [4.69, 9.17) is 10.5 Å². The number of benzene rings is 1. The van der Waals surface area contributed by atoms with Crippen LogP contribution in [0.5, 0.6) is 0 Å². The zero-order valence-corrected chi connectivity index (χ0v) is 12.8. The highest BCUT2D eigenvalue weighted by Gasteiger charge is 2.15. The van der Waals surface area contributed by atoms with Crippen molar-refractivity contribution in [2.24, 2.45) is 0 Å². The molecule has 0 aliphatic rings. The third-order valence-corrected chi connectivity index (χ3v) is 3.48. The van der Waals surface area contributed by atoms with E-state index in [0.717, 1.165) is 6.07 Å². The Labute approximate surface area is 142 Å². The van der Waals surface area contributed by atoms with Gasteiger partial charge in [0, 0.05) is 24.2 Å². The first-order chi connectivity index (χ1) is 12.4. The molecule has 0 amide bonds. The van der Waals surface area contributed by atoms with Gasteiger partial charge < -0.3 is 20.3 Å². The van der Waals surface area contributed by atoms with Crippen molar-refractivity contribution >= 4 is 22.7 Å². The van der Waals surface area contributed by atoms with Crippen molar-refractivity contribution in [3.05, 3.63) is 59.9 Å². The van der Waals surface area contributed by atoms with Gasteiger partial charge in [-0.15, -0.1) is 0 Å². The van der Waals surface area contributed by atoms with E-state index in [1.54, 1.807) is 12.1 Å². The van der Waals surface area contributed by atoms with E-state index in [2.05, 4.69) is 25.3 Å². The molecule has 128 valence electrons. The Bertz CT molecular complexity index is 1210. The average molecular weight is 352 g/mol. The van der Waals surface area contributed by atoms with Crippen LogP contribution in [0.2, 0.25) is 0 Å². The van der Waals surface area contributed by atoms with E-state index in [1.165, 1.54) is 6.07 Å². The standard InChI is InChI=1S/C14H8N8O4/c15-3-9-10(4-16)20-14(19-9)17-5-6-1-7(22(25)26)2-8-11(6)21-13(24)12(23)18-8/h1-2H,5H2,(H,18,23)(H,21,24)(H2,17,19,20). The van der Waals surface area contributed by atoms with Gasteiger partial charge in [-0.3, -0.25) is 19.7 Å². The fourth-order valence-corrected chi connectivity index (χ4v) is 2.32. The highest BCUT2D eigenvalue weighted by atomic mass is 16.6. The number of nitriles is 2. The van der Waals surface area contributed by atoms with Gasteiger partial charge in [0.25, 0.3) is 5.69 Å². The average Bonchev–Trinajstić information content (AvgIpc) is 3.03. The molecular weight excluding hydrogens is 344 g/mol. The Morgan fingerprint density at radius 2 is 1.88 bits per heavy atom. The van der Waals surface area contributed by atoms with Gasteiger partial charge in [0.05, 0.1) is 16.0 Å². The molecule has 0 radical (unpaired) electrons. The van der Waals surface area contributed by atoms with Crippen LogP contribution < -0.4 is 16.4 Å². The van der Waals surface area contributed by atoms with E-state index >= 15 is 0 Å². The van der Waals surface area contributed by atoms with Gasteiger partial charge in [-0.1, -0.05) is 0 Å². The molecule has 3 rings (SSSR count). The maximum atomic E-state index is 11.6. The number of nitro benzene ring substituents is 1. The summed E-state index contributed by atoms with van der Waals surface area (Å²) >= 11 is 0. The van der Waals surface area contributed by atoms with E-state index in [-0.39, 0.29) is 40.6 Å². The minimum absolute atomic E-state index is 0.0309. The molecule has 12 nitrogen and oxygen atoms in total. The second-order valence-electron chi connectivity index (χ2n) is 5.08. The predicted octanol–water partition coefficient (Wildman–Crippen LogP) is 0.203. The zero-order valence-electron chi connectivity index (χ0n) is 12.8. The third kappa shape index (κ3) is 2.85. The molecule has 0 saturated carbocycles. The predicted molar refractivity (Wildman–Crippen MR) is 87.2 cm³/mol. The van der Waals surface area contributed by atoms with Crippen molar-refractivity contribution in [2.45, 2.75) is 6.54 Å². The van der Waals surface area contributed by atoms with Crippen LogP contribution in [0, 0.1) is 32.8 Å². The molecule has 0 saturated heterocycles. The fourth-order valence-electron chi connectivity index (χ4n) is 2.32. The summed E-state index contributed by atoms with van der Waals surface area (Å²) in [5, 5.41) is 31.6. The number of rotatable bonds is 4. The first kappa shape index (κ1) is 16.4. The summed E-state index contributed by atoms with van der Waals surface area (Å²) in [6, 6.07) is 5.88. The lowest BCUT2D eigenvalue weighted by atomic mass is 10.1. The highest BCUT2D eigenvalue weighted by molar-refractivity contribution is 5.80. The molecule has 3 aromatic rings. The topological polar surface area (TPSA) is 197 Å². The van der Waals surface area contributed by atoms with E-state index in [1.807, 2.05) is 0 Å². The van der Waals surface area contributed by atoms with Crippen LogP contribution in [0.15, 0.2) is 21.7 Å². The van der Waals surface area contributed by atoms with Gasteiger partial charge in [0.15, 0.2) is 11.4 Å². The van der Waals surface area contributed by atoms with E-state index in [0.29, 0.717) is 5.56 Å². The monoisotopic (exact) mass is 352 g/mol. The molecular formula is C14H8N8O4. The largest absolute Gasteiger partial charge is 0.352 e. The number of hydrogen-bond donors (Lipinski definition) is 4. The van der Waals surface area contributed by atoms with Crippen molar-refractivity contribution in [3.63, 3.8) is 0 Å². The van der Waals surface area contributed by atoms with Gasteiger partial charge in [-0.2, -0.15) is 10.5 Å². The van der Waals surface area contributed by atoms with Crippen molar-refractivity contribution in [2.75, 3.05) is 5.32 Å². The lowest BCUT2D eigenvalue weighted by Crippen LogP contribution is -2.29. The molecule has 0 atom stereocenters. The minimum atomic E-state index is -0.930. The van der Waals surface area contributed by atoms with Gasteiger partial charge in [-0.05, 0) is 0 Å². The fraction of sp³-hybridized carbons (Fsp3) is 0.0714. The number of hydrogen-bond acceptors (Lipinski definition) is 8. The van der Waals surface area contributed by atoms with Crippen molar-refractivity contribution < 1.29 is 4.92 Å². The number of nitrogens with zero attached hydrogens (tertiary/aromatic N) is 4. The van der Waals surface area contributed by atoms with Crippen LogP contribution in [0.1, 0.15) is 17.0 Å². The van der Waals surface area contributed by atoms with Gasteiger partial charge in [0.1, 0.15) is 12.1 Å². The number of aromatic amines is 3. The minimum Gasteiger partial charge on any atom is -0.352 e. The highest BCUT2D eigenvalue weighted by Crippen LogP contribution is 2.22. The summed E-state index contributed by atoms with van der Waals surface area (Å²) < 4.78 is 0. The number of nitrogens with one attached hydrogen (secondary N) is 4. The zero-order chi connectivity index (χ0) is 18.8. The SMILES string of the molecule is N#Cc1nc(NCc2cc([N+](=O)[O-])cc3[nH]c(=O)c(=O)[nH]c23)[nH]c1C#N. The number of nitro groups is 1. The summed E-state index contributed by atoms with van der Waals surface area (Å²) in [6.07, 6.45) is 0. The second-order valence-corrected chi connectivity index (χ2v) is 5.08. The smallest absolute Gasteiger partial charge is 0.314 e. The Balaban J connectivity index is 2.05. The number of anilines is 1. The quantitative estimate of drug-likeness (QED) is 0.290. The van der Waals surface area contributed by atoms with Crippen LogP contribution in [0.4, 0.5) is 11.6 Å². The van der Waals surface area contributed by atoms with Crippen molar-refractivity contribution in [3.8, 4) is 12.1 Å². The maximum absolute atomic E-state index is 11.6. The lowest BCUT2D eigenvalue weighted by Gasteiger charge is -2.07. The van der Waals surface area contributed by atoms with Gasteiger partial charge in [0.2, 0.25) is 5.95 Å². The molecule has 2 aromatic heterocycles. The van der Waals surface area contributed by atoms with Crippen LogP contribution >= 0.6 is 0 Å². The van der Waals surface area contributed by atoms with Crippen LogP contribution in [0.25, 0.3) is 11.0 Å². The second kappa shape index (κ2) is 6.21. The molecule has 26 heavy (non-hydrogen) atoms. The maximum Gasteiger partial charge on any atom is 0.314 e. The van der Waals surface area contributed by atoms with Crippen LogP contribution in [-0.2, 0) is 6.54 Å². The van der Waals surface area contributed by atoms with Crippen molar-refractivity contribution in [1.82, 2.24) is 19.9 Å². The molecule has 1 aromatic carbocycles. The molecule has 0 aliphatic heterocycles. The molecule has 0 unspecified atom stereocenters. The van der Waals surface area contributed by atoms with Crippen LogP contribution in [0.3, 0.4) is 0 Å². The number of imidazole rings is 1. The van der Waals surface area contributed by atoms with Gasteiger partial charge in [-0.25, -0.2) is 4.98 Å². The van der Waals surface area contributed by atoms with Gasteiger partial charge >= 0.3 is 11.1 Å². The normalized spacial score (nSPS) is 10.2. The molecule has 2 heterocycles. The first-order valence-corrected chi connectivity index (χ1v) is 7.00. The number of aromatic nitrogens is 4. The first-order valence-electron chi connectivity index (χ1n) is 7.00. The lowest BCUT2D eigenvalue weighted by molar-refractivity contribution is -0.384. The summed E-state index contributed by atoms with van der Waals surface area (Å²) in [6.45, 7) is -0.0383. The van der Waals surface area contributed by atoms with Crippen molar-refractivity contribution in [1.29, 1.82) is 10.5 Å². The third-order valence-electron chi connectivity index (χ3n) is 3.48. The Kier molecular flexibility index (Phi) is 3.92. The van der Waals surface area contributed by atoms with E-state index in [9.17, 15) is 19.7 Å². The number of non-ortho nitro benzene ring substituents is 1. The van der Waals surface area contributed by atoms with Crippen LogP contribution in [-0.4, -0.2) is 24.9 Å². The summed E-state index contributed by atoms with van der Waals surface area (Å²) in [4.78, 5) is 44.6. The molecule has 12 heteroatoms. The number of fused-ring (bicyclic) bond motifs is 1. The number of H-pyrrole nitrogens is 3. The molecule has 0 aliphatic carbocycles. The Hall–Kier alpha value is -4.45. The van der Waals surface area contributed by atoms with E-state index < -0.39 is 16.0 Å². The molecule has 0 spiro atoms. The molecule has 0 fully saturated rings. The Morgan fingerprint density at radius 1 is 1.15 bits per heavy atom. The molecule has 0 bridgehead atoms. The summed E-state index contributed by atoms with van der Waals surface area (Å²) in [5.74, 6) is 0.101.